The highest BCUT2D eigenvalue weighted by Crippen LogP contribution is 2.22. The van der Waals surface area contributed by atoms with Gasteiger partial charge in [-0.2, -0.15) is 0 Å². The van der Waals surface area contributed by atoms with Crippen LogP contribution in [0.5, 0.6) is 0 Å². The lowest BCUT2D eigenvalue weighted by atomic mass is 10.2. The predicted octanol–water partition coefficient (Wildman–Crippen LogP) is 3.43. The van der Waals surface area contributed by atoms with Crippen molar-refractivity contribution in [3.63, 3.8) is 0 Å². The first kappa shape index (κ1) is 18.6. The number of halogens is 1. The number of carbonyl (C=O) groups is 2. The summed E-state index contributed by atoms with van der Waals surface area (Å²) in [7, 11) is 0. The third-order valence-corrected chi connectivity index (χ3v) is 4.25. The molecule has 0 aliphatic rings. The zero-order valence-corrected chi connectivity index (χ0v) is 15.1. The molecule has 1 heterocycles. The van der Waals surface area contributed by atoms with Crippen LogP contribution in [0.25, 0.3) is 11.0 Å². The molecule has 0 unspecified atom stereocenters. The molecule has 2 N–H and O–H groups in total. The van der Waals surface area contributed by atoms with E-state index in [-0.39, 0.29) is 23.1 Å². The van der Waals surface area contributed by atoms with Crippen molar-refractivity contribution in [1.82, 2.24) is 14.9 Å². The summed E-state index contributed by atoms with van der Waals surface area (Å²) in [4.78, 5) is 27.8. The summed E-state index contributed by atoms with van der Waals surface area (Å²) in [6.07, 6.45) is 0.469. The number of benzene rings is 2. The topological polar surface area (TPSA) is 84.2 Å². The van der Waals surface area contributed by atoms with Gasteiger partial charge in [-0.3, -0.25) is 4.79 Å². The number of imidazole rings is 1. The highest BCUT2D eigenvalue weighted by Gasteiger charge is 2.15. The number of carboxylic acids is 1. The highest BCUT2D eigenvalue weighted by atomic mass is 19.1. The minimum absolute atomic E-state index is 0.125. The fourth-order valence-corrected chi connectivity index (χ4v) is 3.05. The van der Waals surface area contributed by atoms with Crippen molar-refractivity contribution in [2.45, 2.75) is 26.3 Å². The second-order valence-corrected chi connectivity index (χ2v) is 6.52. The number of nitrogens with zero attached hydrogens (tertiary/aromatic N) is 2. The van der Waals surface area contributed by atoms with Crippen LogP contribution in [-0.2, 0) is 6.42 Å². The fourth-order valence-electron chi connectivity index (χ4n) is 3.05. The van der Waals surface area contributed by atoms with Gasteiger partial charge in [-0.25, -0.2) is 14.2 Å². The van der Waals surface area contributed by atoms with Gasteiger partial charge < -0.3 is 15.0 Å². The number of aromatic nitrogens is 2. The number of hydrogen-bond donors (Lipinski definition) is 2. The molecule has 3 aromatic rings. The molecule has 0 saturated heterocycles. The van der Waals surface area contributed by atoms with Gasteiger partial charge in [0.25, 0.3) is 5.91 Å². The zero-order chi connectivity index (χ0) is 19.6. The maximum atomic E-state index is 13.2. The van der Waals surface area contributed by atoms with Crippen molar-refractivity contribution < 1.29 is 19.1 Å². The molecule has 0 radical (unpaired) electrons. The van der Waals surface area contributed by atoms with E-state index >= 15 is 0 Å². The minimum atomic E-state index is -1.00. The van der Waals surface area contributed by atoms with Gasteiger partial charge >= 0.3 is 5.97 Å². The lowest BCUT2D eigenvalue weighted by molar-refractivity contribution is 0.0696. The summed E-state index contributed by atoms with van der Waals surface area (Å²) in [6.45, 7) is 4.36. The summed E-state index contributed by atoms with van der Waals surface area (Å²) in [5.74, 6) is -1.06. The van der Waals surface area contributed by atoms with E-state index in [1.54, 1.807) is 24.3 Å². The molecule has 0 fully saturated rings. The molecule has 1 aromatic heterocycles. The van der Waals surface area contributed by atoms with Gasteiger partial charge in [0.1, 0.15) is 11.6 Å². The molecule has 0 aliphatic carbocycles. The van der Waals surface area contributed by atoms with E-state index in [9.17, 15) is 14.0 Å². The van der Waals surface area contributed by atoms with Gasteiger partial charge in [0.15, 0.2) is 0 Å². The molecule has 0 atom stereocenters. The van der Waals surface area contributed by atoms with Gasteiger partial charge in [-0.15, -0.1) is 0 Å². The van der Waals surface area contributed by atoms with Crippen LogP contribution in [0.3, 0.4) is 0 Å². The number of fused-ring (bicyclic) bond motifs is 1. The van der Waals surface area contributed by atoms with Crippen LogP contribution in [0.4, 0.5) is 4.39 Å². The van der Waals surface area contributed by atoms with E-state index in [4.69, 9.17) is 5.11 Å². The lowest BCUT2D eigenvalue weighted by Gasteiger charge is -2.13. The summed E-state index contributed by atoms with van der Waals surface area (Å²) >= 11 is 0. The second-order valence-electron chi connectivity index (χ2n) is 6.52. The zero-order valence-electron chi connectivity index (χ0n) is 15.1. The van der Waals surface area contributed by atoms with Crippen LogP contribution in [0, 0.1) is 5.82 Å². The number of carbonyl (C=O) groups excluding carboxylic acids is 1. The van der Waals surface area contributed by atoms with E-state index in [1.165, 1.54) is 18.2 Å². The summed E-state index contributed by atoms with van der Waals surface area (Å²) in [5.41, 5.74) is 1.90. The summed E-state index contributed by atoms with van der Waals surface area (Å²) in [6, 6.07) is 10.5. The first-order valence-corrected chi connectivity index (χ1v) is 8.64. The van der Waals surface area contributed by atoms with E-state index in [1.807, 2.05) is 18.4 Å². The predicted molar refractivity (Wildman–Crippen MR) is 99.5 cm³/mol. The first-order chi connectivity index (χ1) is 12.9. The van der Waals surface area contributed by atoms with Crippen molar-refractivity contribution in [1.29, 1.82) is 0 Å². The Bertz CT molecular complexity index is 1010. The Kier molecular flexibility index (Phi) is 5.21. The molecule has 0 spiro atoms. The maximum Gasteiger partial charge on any atom is 0.335 e. The van der Waals surface area contributed by atoms with Crippen molar-refractivity contribution in [2.75, 3.05) is 6.54 Å². The molecule has 2 aromatic carbocycles. The van der Waals surface area contributed by atoms with E-state index in [0.29, 0.717) is 18.5 Å². The Hall–Kier alpha value is -3.22. The Morgan fingerprint density at radius 3 is 2.63 bits per heavy atom. The number of nitrogens with one attached hydrogen (secondary N) is 1. The van der Waals surface area contributed by atoms with Crippen LogP contribution >= 0.6 is 0 Å². The third-order valence-electron chi connectivity index (χ3n) is 4.25. The molecule has 1 amide bonds. The van der Waals surface area contributed by atoms with Crippen LogP contribution < -0.4 is 5.32 Å². The summed E-state index contributed by atoms with van der Waals surface area (Å²) < 4.78 is 15.3. The molecule has 3 rings (SSSR count). The average Bonchev–Trinajstić information content (AvgIpc) is 2.99. The number of hydrogen-bond acceptors (Lipinski definition) is 3. The second kappa shape index (κ2) is 7.57. The monoisotopic (exact) mass is 369 g/mol. The molecule has 7 heteroatoms. The van der Waals surface area contributed by atoms with Crippen LogP contribution in [-0.4, -0.2) is 33.1 Å². The normalized spacial score (nSPS) is 11.1. The Labute approximate surface area is 155 Å². The Morgan fingerprint density at radius 1 is 1.19 bits per heavy atom. The number of amides is 1. The van der Waals surface area contributed by atoms with Crippen LogP contribution in [0.15, 0.2) is 42.5 Å². The molecular weight excluding hydrogens is 349 g/mol. The van der Waals surface area contributed by atoms with Gasteiger partial charge in [0.2, 0.25) is 0 Å². The Morgan fingerprint density at radius 2 is 1.96 bits per heavy atom. The molecule has 0 saturated carbocycles. The van der Waals surface area contributed by atoms with Gasteiger partial charge in [-0.1, -0.05) is 6.07 Å². The van der Waals surface area contributed by atoms with Crippen LogP contribution in [0.1, 0.15) is 46.4 Å². The van der Waals surface area contributed by atoms with Crippen molar-refractivity contribution in [2.24, 2.45) is 0 Å². The highest BCUT2D eigenvalue weighted by molar-refractivity contribution is 5.94. The number of aromatic carboxylic acids is 1. The first-order valence-electron chi connectivity index (χ1n) is 8.64. The molecular formula is C20H20FN3O3. The van der Waals surface area contributed by atoms with Crippen molar-refractivity contribution in [3.8, 4) is 0 Å². The van der Waals surface area contributed by atoms with Crippen molar-refractivity contribution in [3.05, 3.63) is 65.2 Å². The fraction of sp³-hybridized carbons (Fsp3) is 0.250. The largest absolute Gasteiger partial charge is 0.478 e. The molecule has 0 aliphatic heterocycles. The Balaban J connectivity index is 1.78. The number of rotatable bonds is 6. The summed E-state index contributed by atoms with van der Waals surface area (Å²) in [5, 5.41) is 11.9. The van der Waals surface area contributed by atoms with Gasteiger partial charge in [0.05, 0.1) is 16.6 Å². The third kappa shape index (κ3) is 3.97. The molecule has 6 nitrogen and oxygen atoms in total. The van der Waals surface area contributed by atoms with Crippen LogP contribution in [0.2, 0.25) is 0 Å². The number of carboxylic acid groups (broad SMARTS) is 1. The van der Waals surface area contributed by atoms with Gasteiger partial charge in [0, 0.05) is 24.6 Å². The van der Waals surface area contributed by atoms with E-state index in [2.05, 4.69) is 10.3 Å². The van der Waals surface area contributed by atoms with E-state index in [0.717, 1.165) is 11.3 Å². The quantitative estimate of drug-likeness (QED) is 0.697. The minimum Gasteiger partial charge on any atom is -0.478 e. The maximum absolute atomic E-state index is 13.2. The van der Waals surface area contributed by atoms with Gasteiger partial charge in [-0.05, 0) is 50.2 Å². The SMILES string of the molecule is CC(C)n1c(CCNC(=O)c2cccc(F)c2)nc2cc(C(=O)O)ccc21. The van der Waals surface area contributed by atoms with Crippen molar-refractivity contribution >= 4 is 22.9 Å². The molecule has 140 valence electrons. The smallest absolute Gasteiger partial charge is 0.335 e. The lowest BCUT2D eigenvalue weighted by Crippen LogP contribution is -2.26. The average molecular weight is 369 g/mol. The standard InChI is InChI=1S/C20H20FN3O3/c1-12(2)24-17-7-6-14(20(26)27)11-16(17)23-18(24)8-9-22-19(25)13-4-3-5-15(21)10-13/h3-7,10-12H,8-9H2,1-2H3,(H,22,25)(H,26,27). The molecule has 0 bridgehead atoms. The molecule has 27 heavy (non-hydrogen) atoms. The van der Waals surface area contributed by atoms with E-state index < -0.39 is 11.8 Å².